The lowest BCUT2D eigenvalue weighted by molar-refractivity contribution is 0.0939. The second kappa shape index (κ2) is 8.73. The van der Waals surface area contributed by atoms with Crippen LogP contribution in [0.25, 0.3) is 0 Å². The number of sulfonamides is 1. The second-order valence-electron chi connectivity index (χ2n) is 6.07. The van der Waals surface area contributed by atoms with Crippen molar-refractivity contribution in [2.75, 3.05) is 24.2 Å². The van der Waals surface area contributed by atoms with Crippen molar-refractivity contribution in [3.8, 4) is 5.75 Å². The van der Waals surface area contributed by atoms with E-state index in [0.29, 0.717) is 17.0 Å². The molecule has 0 spiro atoms. The molecule has 0 aliphatic carbocycles. The van der Waals surface area contributed by atoms with Gasteiger partial charge in [0.25, 0.3) is 5.91 Å². The summed E-state index contributed by atoms with van der Waals surface area (Å²) in [6, 6.07) is 13.6. The van der Waals surface area contributed by atoms with Gasteiger partial charge in [-0.15, -0.1) is 6.58 Å². The summed E-state index contributed by atoms with van der Waals surface area (Å²) in [6.45, 7) is 5.62. The molecule has 6 nitrogen and oxygen atoms in total. The minimum absolute atomic E-state index is 0.162. The van der Waals surface area contributed by atoms with Crippen molar-refractivity contribution >= 4 is 21.6 Å². The summed E-state index contributed by atoms with van der Waals surface area (Å²) in [5.41, 5.74) is 1.79. The molecule has 1 amide bonds. The van der Waals surface area contributed by atoms with Crippen molar-refractivity contribution in [3.05, 3.63) is 72.3 Å². The molecule has 0 heterocycles. The molecule has 1 N–H and O–H groups in total. The van der Waals surface area contributed by atoms with Gasteiger partial charge < -0.3 is 10.1 Å². The molecule has 2 aromatic rings. The van der Waals surface area contributed by atoms with Crippen LogP contribution in [0.1, 0.15) is 28.9 Å². The van der Waals surface area contributed by atoms with E-state index in [1.165, 1.54) is 10.4 Å². The van der Waals surface area contributed by atoms with Crippen LogP contribution in [0.2, 0.25) is 0 Å². The third-order valence-electron chi connectivity index (χ3n) is 4.07. The summed E-state index contributed by atoms with van der Waals surface area (Å²) < 4.78 is 30.3. The maximum atomic E-state index is 12.5. The number of nitrogens with zero attached hydrogens (tertiary/aromatic N) is 1. The van der Waals surface area contributed by atoms with Crippen LogP contribution in [0.4, 0.5) is 5.69 Å². The smallest absolute Gasteiger partial charge is 0.251 e. The van der Waals surface area contributed by atoms with E-state index in [0.717, 1.165) is 11.8 Å². The topological polar surface area (TPSA) is 75.7 Å². The number of amides is 1. The Morgan fingerprint density at radius 2 is 1.85 bits per heavy atom. The molecule has 0 saturated heterocycles. The fraction of sp³-hybridized carbons (Fsp3) is 0.250. The molecule has 7 heteroatoms. The molecular weight excluding hydrogens is 364 g/mol. The number of hydrogen-bond donors (Lipinski definition) is 1. The van der Waals surface area contributed by atoms with E-state index in [1.807, 2.05) is 31.2 Å². The monoisotopic (exact) mass is 388 g/mol. The molecule has 1 unspecified atom stereocenters. The van der Waals surface area contributed by atoms with Crippen LogP contribution in [-0.2, 0) is 10.0 Å². The molecule has 1 atom stereocenters. The lowest BCUT2D eigenvalue weighted by Gasteiger charge is -2.21. The number of ether oxygens (including phenoxy) is 1. The molecule has 27 heavy (non-hydrogen) atoms. The summed E-state index contributed by atoms with van der Waals surface area (Å²) in [6.07, 6.45) is 2.64. The van der Waals surface area contributed by atoms with Gasteiger partial charge in [-0.3, -0.25) is 9.10 Å². The molecule has 0 aliphatic rings. The van der Waals surface area contributed by atoms with Gasteiger partial charge in [0.1, 0.15) is 5.75 Å². The maximum Gasteiger partial charge on any atom is 0.251 e. The lowest BCUT2D eigenvalue weighted by Crippen LogP contribution is -2.30. The summed E-state index contributed by atoms with van der Waals surface area (Å²) >= 11 is 0. The zero-order valence-electron chi connectivity index (χ0n) is 15.7. The normalized spacial score (nSPS) is 12.1. The number of nitrogens with one attached hydrogen (secondary N) is 1. The van der Waals surface area contributed by atoms with Crippen LogP contribution in [0.3, 0.4) is 0 Å². The molecule has 0 bridgehead atoms. The van der Waals surface area contributed by atoms with Crippen LogP contribution < -0.4 is 14.4 Å². The van der Waals surface area contributed by atoms with Crippen molar-refractivity contribution in [1.29, 1.82) is 0 Å². The zero-order valence-corrected chi connectivity index (χ0v) is 16.5. The first-order valence-electron chi connectivity index (χ1n) is 8.40. The first kappa shape index (κ1) is 20.5. The van der Waals surface area contributed by atoms with Gasteiger partial charge in [0.15, 0.2) is 0 Å². The fourth-order valence-electron chi connectivity index (χ4n) is 2.71. The van der Waals surface area contributed by atoms with Crippen LogP contribution in [0.5, 0.6) is 5.75 Å². The predicted octanol–water partition coefficient (Wildman–Crippen LogP) is 3.14. The van der Waals surface area contributed by atoms with E-state index in [-0.39, 0.29) is 18.5 Å². The Morgan fingerprint density at radius 3 is 2.41 bits per heavy atom. The van der Waals surface area contributed by atoms with E-state index in [4.69, 9.17) is 4.74 Å². The Balaban J connectivity index is 2.17. The zero-order chi connectivity index (χ0) is 20.0. The fourth-order valence-corrected chi connectivity index (χ4v) is 3.59. The summed E-state index contributed by atoms with van der Waals surface area (Å²) in [5.74, 6) is 0.448. The van der Waals surface area contributed by atoms with Crippen LogP contribution in [0, 0.1) is 0 Å². The minimum Gasteiger partial charge on any atom is -0.496 e. The largest absolute Gasteiger partial charge is 0.496 e. The van der Waals surface area contributed by atoms with Gasteiger partial charge in [-0.1, -0.05) is 24.3 Å². The van der Waals surface area contributed by atoms with Gasteiger partial charge in [0, 0.05) is 11.1 Å². The minimum atomic E-state index is -3.43. The van der Waals surface area contributed by atoms with E-state index in [1.54, 1.807) is 31.4 Å². The highest BCUT2D eigenvalue weighted by Gasteiger charge is 2.18. The average molecular weight is 388 g/mol. The average Bonchev–Trinajstić information content (AvgIpc) is 2.65. The van der Waals surface area contributed by atoms with Gasteiger partial charge in [0.05, 0.1) is 31.6 Å². The van der Waals surface area contributed by atoms with Gasteiger partial charge in [0.2, 0.25) is 10.0 Å². The summed E-state index contributed by atoms with van der Waals surface area (Å²) in [7, 11) is -1.84. The highest BCUT2D eigenvalue weighted by molar-refractivity contribution is 7.92. The van der Waals surface area contributed by atoms with Gasteiger partial charge in [-0.05, 0) is 37.3 Å². The number of methoxy groups -OCH3 is 1. The van der Waals surface area contributed by atoms with Crippen molar-refractivity contribution in [3.63, 3.8) is 0 Å². The van der Waals surface area contributed by atoms with Gasteiger partial charge in [-0.2, -0.15) is 0 Å². The Kier molecular flexibility index (Phi) is 6.63. The first-order chi connectivity index (χ1) is 12.8. The number of benzene rings is 2. The summed E-state index contributed by atoms with van der Waals surface area (Å²) in [5, 5.41) is 2.92. The molecule has 0 aliphatic heterocycles. The lowest BCUT2D eigenvalue weighted by atomic mass is 10.1. The molecule has 144 valence electrons. The third kappa shape index (κ3) is 5.10. The van der Waals surface area contributed by atoms with Crippen molar-refractivity contribution in [1.82, 2.24) is 5.32 Å². The van der Waals surface area contributed by atoms with E-state index < -0.39 is 10.0 Å². The SMILES string of the molecule is C=CCN(c1ccc(C(=O)NC(C)c2ccccc2OC)cc1)S(C)(=O)=O. The molecule has 2 rings (SSSR count). The molecule has 0 radical (unpaired) electrons. The number of hydrogen-bond acceptors (Lipinski definition) is 4. The second-order valence-corrected chi connectivity index (χ2v) is 7.97. The van der Waals surface area contributed by atoms with Crippen LogP contribution in [0.15, 0.2) is 61.2 Å². The number of para-hydroxylation sites is 1. The first-order valence-corrected chi connectivity index (χ1v) is 10.2. The van der Waals surface area contributed by atoms with Crippen LogP contribution in [-0.4, -0.2) is 34.2 Å². The Bertz CT molecular complexity index is 908. The van der Waals surface area contributed by atoms with E-state index >= 15 is 0 Å². The van der Waals surface area contributed by atoms with Crippen LogP contribution >= 0.6 is 0 Å². The van der Waals surface area contributed by atoms with E-state index in [2.05, 4.69) is 11.9 Å². The standard InChI is InChI=1S/C20H24N2O4S/c1-5-14-22(27(4,24)25)17-12-10-16(11-13-17)20(23)21-15(2)18-8-6-7-9-19(18)26-3/h5-13,15H,1,14H2,2-4H3,(H,21,23). The molecule has 0 saturated carbocycles. The Hall–Kier alpha value is -2.80. The Morgan fingerprint density at radius 1 is 1.22 bits per heavy atom. The quantitative estimate of drug-likeness (QED) is 0.705. The number of carbonyl (C=O) groups is 1. The van der Waals surface area contributed by atoms with Gasteiger partial charge >= 0.3 is 0 Å². The number of anilines is 1. The van der Waals surface area contributed by atoms with Crippen molar-refractivity contribution in [2.24, 2.45) is 0 Å². The maximum absolute atomic E-state index is 12.5. The van der Waals surface area contributed by atoms with E-state index in [9.17, 15) is 13.2 Å². The number of rotatable bonds is 8. The highest BCUT2D eigenvalue weighted by Crippen LogP contribution is 2.25. The molecule has 0 aromatic heterocycles. The van der Waals surface area contributed by atoms with Crippen molar-refractivity contribution < 1.29 is 17.9 Å². The Labute approximate surface area is 160 Å². The third-order valence-corrected chi connectivity index (χ3v) is 5.23. The molecule has 2 aromatic carbocycles. The van der Waals surface area contributed by atoms with Gasteiger partial charge in [-0.25, -0.2) is 8.42 Å². The van der Waals surface area contributed by atoms with Crippen molar-refractivity contribution in [2.45, 2.75) is 13.0 Å². The summed E-state index contributed by atoms with van der Waals surface area (Å²) in [4.78, 5) is 12.5. The number of carbonyl (C=O) groups excluding carboxylic acids is 1. The molecule has 0 fully saturated rings. The molecular formula is C20H24N2O4S. The highest BCUT2D eigenvalue weighted by atomic mass is 32.2. The predicted molar refractivity (Wildman–Crippen MR) is 108 cm³/mol.